The van der Waals surface area contributed by atoms with E-state index in [0.29, 0.717) is 31.6 Å². The number of carbonyl (C=O) groups excluding carboxylic acids is 4. The summed E-state index contributed by atoms with van der Waals surface area (Å²) < 4.78 is 5.02. The average Bonchev–Trinajstić information content (AvgIpc) is 2.60. The van der Waals surface area contributed by atoms with Gasteiger partial charge < -0.3 is 15.4 Å². The fourth-order valence-corrected chi connectivity index (χ4v) is 2.40. The van der Waals surface area contributed by atoms with Crippen LogP contribution in [0.4, 0.5) is 5.69 Å². The first-order valence-electron chi connectivity index (χ1n) is 8.56. The fourth-order valence-electron chi connectivity index (χ4n) is 2.40. The second-order valence-electron chi connectivity index (χ2n) is 5.88. The van der Waals surface area contributed by atoms with E-state index in [9.17, 15) is 19.2 Å². The summed E-state index contributed by atoms with van der Waals surface area (Å²) in [4.78, 5) is 47.2. The van der Waals surface area contributed by atoms with E-state index in [2.05, 4.69) is 10.6 Å². The van der Waals surface area contributed by atoms with Gasteiger partial charge >= 0.3 is 0 Å². The molecule has 0 aliphatic carbocycles. The molecule has 1 aromatic carbocycles. The summed E-state index contributed by atoms with van der Waals surface area (Å²) in [6, 6.07) is 7.10. The van der Waals surface area contributed by atoms with Crippen LogP contribution in [-0.2, 0) is 30.3 Å². The fraction of sp³-hybridized carbons (Fsp3) is 0.444. The highest BCUT2D eigenvalue weighted by Crippen LogP contribution is 2.14. The first kappa shape index (κ1) is 19.6. The minimum Gasteiger partial charge on any atom is -0.362 e. The van der Waals surface area contributed by atoms with E-state index in [1.54, 1.807) is 19.1 Å². The maximum atomic E-state index is 11.8. The number of imide groups is 1. The monoisotopic (exact) mass is 361 g/mol. The Morgan fingerprint density at radius 2 is 1.81 bits per heavy atom. The number of anilines is 1. The van der Waals surface area contributed by atoms with Gasteiger partial charge in [-0.15, -0.1) is 0 Å². The third-order valence-corrected chi connectivity index (χ3v) is 3.86. The lowest BCUT2D eigenvalue weighted by Gasteiger charge is -2.28. The van der Waals surface area contributed by atoms with Crippen LogP contribution in [0.15, 0.2) is 24.3 Å². The normalized spacial score (nSPS) is 13.1. The topological polar surface area (TPSA) is 105 Å². The number of hydrogen-bond acceptors (Lipinski definition) is 5. The Hall–Kier alpha value is -2.74. The number of nitrogens with zero attached hydrogens (tertiary/aromatic N) is 1. The molecule has 0 atom stereocenters. The van der Waals surface area contributed by atoms with Crippen molar-refractivity contribution >= 4 is 29.3 Å². The van der Waals surface area contributed by atoms with Crippen LogP contribution in [0, 0.1) is 0 Å². The molecule has 0 bridgehead atoms. The number of aryl methyl sites for hydroxylation is 1. The van der Waals surface area contributed by atoms with Crippen molar-refractivity contribution in [2.24, 2.45) is 0 Å². The number of amides is 4. The van der Waals surface area contributed by atoms with Crippen LogP contribution in [0.25, 0.3) is 0 Å². The molecule has 1 aromatic rings. The molecule has 1 fully saturated rings. The molecule has 0 radical (unpaired) electrons. The standard InChI is InChI=1S/C18H23N3O5/c1-2-19-15(22)11-26-12-16(23)20-14-6-3-13(4-7-14)5-8-17(24)21-10-9-18(21)25/h3-4,6-7H,2,5,8-12H2,1H3,(H,19,22)(H,20,23). The smallest absolute Gasteiger partial charge is 0.250 e. The zero-order chi connectivity index (χ0) is 18.9. The molecule has 8 heteroatoms. The van der Waals surface area contributed by atoms with Crippen LogP contribution in [-0.4, -0.2) is 54.8 Å². The van der Waals surface area contributed by atoms with E-state index in [4.69, 9.17) is 4.74 Å². The molecule has 0 saturated carbocycles. The number of ether oxygens (including phenoxy) is 1. The van der Waals surface area contributed by atoms with Crippen molar-refractivity contribution in [3.8, 4) is 0 Å². The number of β-lactam (4-membered cyclic amide) rings is 1. The summed E-state index contributed by atoms with van der Waals surface area (Å²) in [5.41, 5.74) is 1.54. The Balaban J connectivity index is 1.69. The molecular formula is C18H23N3O5. The third-order valence-electron chi connectivity index (χ3n) is 3.86. The van der Waals surface area contributed by atoms with Crippen molar-refractivity contribution in [3.63, 3.8) is 0 Å². The van der Waals surface area contributed by atoms with Crippen LogP contribution in [0.2, 0.25) is 0 Å². The van der Waals surface area contributed by atoms with Gasteiger partial charge in [0.15, 0.2) is 0 Å². The first-order chi connectivity index (χ1) is 12.5. The van der Waals surface area contributed by atoms with Crippen LogP contribution < -0.4 is 10.6 Å². The lowest BCUT2D eigenvalue weighted by molar-refractivity contribution is -0.152. The SMILES string of the molecule is CCNC(=O)COCC(=O)Nc1ccc(CCC(=O)N2CCC2=O)cc1. The second kappa shape index (κ2) is 9.67. The van der Waals surface area contributed by atoms with Crippen LogP contribution in [0.5, 0.6) is 0 Å². The molecule has 26 heavy (non-hydrogen) atoms. The van der Waals surface area contributed by atoms with E-state index in [1.165, 1.54) is 4.90 Å². The number of hydrogen-bond donors (Lipinski definition) is 2. The van der Waals surface area contributed by atoms with Crippen LogP contribution in [0.1, 0.15) is 25.3 Å². The molecule has 2 N–H and O–H groups in total. The zero-order valence-electron chi connectivity index (χ0n) is 14.7. The lowest BCUT2D eigenvalue weighted by atomic mass is 10.1. The van der Waals surface area contributed by atoms with Gasteiger partial charge in [-0.05, 0) is 31.0 Å². The van der Waals surface area contributed by atoms with Gasteiger partial charge in [-0.2, -0.15) is 0 Å². The highest BCUT2D eigenvalue weighted by molar-refractivity contribution is 5.99. The molecule has 4 amide bonds. The average molecular weight is 361 g/mol. The van der Waals surface area contributed by atoms with E-state index in [1.807, 2.05) is 12.1 Å². The molecule has 2 rings (SSSR count). The van der Waals surface area contributed by atoms with Crippen molar-refractivity contribution in [1.29, 1.82) is 0 Å². The molecule has 1 saturated heterocycles. The highest BCUT2D eigenvalue weighted by atomic mass is 16.5. The quantitative estimate of drug-likeness (QED) is 0.622. The number of nitrogens with one attached hydrogen (secondary N) is 2. The highest BCUT2D eigenvalue weighted by Gasteiger charge is 2.29. The second-order valence-corrected chi connectivity index (χ2v) is 5.88. The minimum absolute atomic E-state index is 0.109. The molecule has 140 valence electrons. The molecule has 1 aliphatic rings. The van der Waals surface area contributed by atoms with Crippen molar-refractivity contribution in [3.05, 3.63) is 29.8 Å². The molecule has 0 spiro atoms. The Morgan fingerprint density at radius 1 is 1.12 bits per heavy atom. The van der Waals surface area contributed by atoms with Crippen LogP contribution in [0.3, 0.4) is 0 Å². The third kappa shape index (κ3) is 5.96. The maximum Gasteiger partial charge on any atom is 0.250 e. The number of likely N-dealkylation sites (tertiary alicyclic amines) is 1. The number of likely N-dealkylation sites (N-methyl/N-ethyl adjacent to an activating group) is 1. The van der Waals surface area contributed by atoms with Gasteiger partial charge in [0.25, 0.3) is 0 Å². The summed E-state index contributed by atoms with van der Waals surface area (Å²) in [5.74, 6) is -0.877. The summed E-state index contributed by atoms with van der Waals surface area (Å²) in [7, 11) is 0. The van der Waals surface area contributed by atoms with E-state index in [0.717, 1.165) is 5.56 Å². The molecule has 8 nitrogen and oxygen atoms in total. The number of rotatable bonds is 9. The minimum atomic E-state index is -0.353. The number of carbonyl (C=O) groups is 4. The molecular weight excluding hydrogens is 338 g/mol. The Morgan fingerprint density at radius 3 is 2.38 bits per heavy atom. The predicted octanol–water partition coefficient (Wildman–Crippen LogP) is 0.469. The predicted molar refractivity (Wildman–Crippen MR) is 94.2 cm³/mol. The molecule has 0 unspecified atom stereocenters. The summed E-state index contributed by atoms with van der Waals surface area (Å²) in [6.45, 7) is 2.46. The summed E-state index contributed by atoms with van der Waals surface area (Å²) >= 11 is 0. The van der Waals surface area contributed by atoms with Crippen molar-refractivity contribution in [1.82, 2.24) is 10.2 Å². The first-order valence-corrected chi connectivity index (χ1v) is 8.56. The Kier molecular flexibility index (Phi) is 7.28. The van der Waals surface area contributed by atoms with Gasteiger partial charge in [-0.3, -0.25) is 24.1 Å². The molecule has 0 aromatic heterocycles. The summed E-state index contributed by atoms with van der Waals surface area (Å²) in [6.07, 6.45) is 1.27. The van der Waals surface area contributed by atoms with Crippen molar-refractivity contribution in [2.75, 3.05) is 31.6 Å². The van der Waals surface area contributed by atoms with Gasteiger partial charge in [-0.25, -0.2) is 0 Å². The van der Waals surface area contributed by atoms with Crippen LogP contribution >= 0.6 is 0 Å². The van der Waals surface area contributed by atoms with Gasteiger partial charge in [0, 0.05) is 31.6 Å². The van der Waals surface area contributed by atoms with Crippen molar-refractivity contribution < 1.29 is 23.9 Å². The van der Waals surface area contributed by atoms with Gasteiger partial charge in [0.2, 0.25) is 23.6 Å². The van der Waals surface area contributed by atoms with Gasteiger partial charge in [0.1, 0.15) is 13.2 Å². The molecule has 1 heterocycles. The van der Waals surface area contributed by atoms with E-state index < -0.39 is 0 Å². The Bertz CT molecular complexity index is 672. The largest absolute Gasteiger partial charge is 0.362 e. The molecule has 1 aliphatic heterocycles. The van der Waals surface area contributed by atoms with Gasteiger partial charge in [0.05, 0.1) is 0 Å². The van der Waals surface area contributed by atoms with Gasteiger partial charge in [-0.1, -0.05) is 12.1 Å². The maximum absolute atomic E-state index is 11.8. The van der Waals surface area contributed by atoms with E-state index >= 15 is 0 Å². The van der Waals surface area contributed by atoms with E-state index in [-0.39, 0.29) is 43.3 Å². The number of benzene rings is 1. The lowest BCUT2D eigenvalue weighted by Crippen LogP contribution is -2.47. The zero-order valence-corrected chi connectivity index (χ0v) is 14.7. The van der Waals surface area contributed by atoms with Crippen molar-refractivity contribution in [2.45, 2.75) is 26.2 Å². The summed E-state index contributed by atoms with van der Waals surface area (Å²) in [5, 5.41) is 5.24. The Labute approximate surface area is 151 Å².